The number of halogens is 3. The predicted molar refractivity (Wildman–Crippen MR) is 66.3 cm³/mol. The Kier molecular flexibility index (Phi) is 3.91. The lowest BCUT2D eigenvalue weighted by Crippen LogP contribution is -2.20. The van der Waals surface area contributed by atoms with Gasteiger partial charge in [-0.2, -0.15) is 0 Å². The van der Waals surface area contributed by atoms with Gasteiger partial charge in [0.1, 0.15) is 11.9 Å². The molecule has 106 valence electrons. The van der Waals surface area contributed by atoms with E-state index in [2.05, 4.69) is 10.3 Å². The second kappa shape index (κ2) is 5.47. The molecule has 1 heterocycles. The van der Waals surface area contributed by atoms with Crippen LogP contribution in [0.15, 0.2) is 17.5 Å². The third-order valence-corrected chi connectivity index (χ3v) is 3.13. The van der Waals surface area contributed by atoms with Gasteiger partial charge in [-0.15, -0.1) is 11.3 Å². The molecule has 0 saturated carbocycles. The van der Waals surface area contributed by atoms with Crippen molar-refractivity contribution < 1.29 is 23.1 Å². The first kappa shape index (κ1) is 14.3. The van der Waals surface area contributed by atoms with E-state index in [1.165, 1.54) is 5.38 Å². The first-order valence-electron chi connectivity index (χ1n) is 5.24. The van der Waals surface area contributed by atoms with Gasteiger partial charge in [0.05, 0.1) is 11.4 Å². The molecule has 1 unspecified atom stereocenters. The Labute approximate surface area is 114 Å². The maximum absolute atomic E-state index is 13.4. The van der Waals surface area contributed by atoms with Gasteiger partial charge in [-0.3, -0.25) is 4.79 Å². The molecule has 1 aromatic carbocycles. The zero-order valence-electron chi connectivity index (χ0n) is 9.73. The number of carboxylic acids is 1. The molecule has 1 atom stereocenters. The Morgan fingerprint density at radius 2 is 1.95 bits per heavy atom. The number of nitrogens with one attached hydrogen (secondary N) is 1. The quantitative estimate of drug-likeness (QED) is 0.755. The number of nitrogens with zero attached hydrogens (tertiary/aromatic N) is 1. The van der Waals surface area contributed by atoms with Crippen LogP contribution in [0.2, 0.25) is 0 Å². The molecule has 2 rings (SSSR count). The summed E-state index contributed by atoms with van der Waals surface area (Å²) in [7, 11) is 0. The minimum absolute atomic E-state index is 0.0768. The number of nitrogens with two attached hydrogens (primary N) is 1. The number of carbonyl (C=O) groups is 1. The Balaban J connectivity index is 2.23. The van der Waals surface area contributed by atoms with Crippen LogP contribution in [0.4, 0.5) is 24.0 Å². The number of thiazole rings is 1. The van der Waals surface area contributed by atoms with Gasteiger partial charge in [0.25, 0.3) is 0 Å². The van der Waals surface area contributed by atoms with Crippen molar-refractivity contribution in [2.24, 2.45) is 5.73 Å². The van der Waals surface area contributed by atoms with Crippen LogP contribution in [0.25, 0.3) is 0 Å². The second-order valence-corrected chi connectivity index (χ2v) is 4.62. The summed E-state index contributed by atoms with van der Waals surface area (Å²) in [6.07, 6.45) is 0. The summed E-state index contributed by atoms with van der Waals surface area (Å²) in [4.78, 5) is 14.5. The molecule has 0 aliphatic carbocycles. The molecule has 9 heteroatoms. The van der Waals surface area contributed by atoms with Gasteiger partial charge in [0, 0.05) is 17.5 Å². The van der Waals surface area contributed by atoms with Crippen molar-refractivity contribution in [1.29, 1.82) is 0 Å². The Morgan fingerprint density at radius 3 is 2.60 bits per heavy atom. The van der Waals surface area contributed by atoms with Gasteiger partial charge in [-0.25, -0.2) is 18.2 Å². The lowest BCUT2D eigenvalue weighted by Gasteiger charge is -2.05. The topological polar surface area (TPSA) is 88.2 Å². The highest BCUT2D eigenvalue weighted by atomic mass is 32.1. The standard InChI is InChI=1S/C11H8F3N3O2S/c12-4-1-6(14)7(2-5(4)13)16-11-17-8(3-20-11)9(15)10(18)19/h1-3,9H,15H2,(H,16,17)(H,18,19). The van der Waals surface area contributed by atoms with Crippen LogP contribution in [0, 0.1) is 17.5 Å². The Hall–Kier alpha value is -2.13. The lowest BCUT2D eigenvalue weighted by atomic mass is 10.2. The molecule has 0 spiro atoms. The van der Waals surface area contributed by atoms with Crippen LogP contribution in [0.1, 0.15) is 11.7 Å². The molecular weight excluding hydrogens is 295 g/mol. The summed E-state index contributed by atoms with van der Waals surface area (Å²) in [5, 5.41) is 12.6. The second-order valence-electron chi connectivity index (χ2n) is 3.76. The monoisotopic (exact) mass is 303 g/mol. The number of aromatic nitrogens is 1. The number of aliphatic carboxylic acids is 1. The van der Waals surface area contributed by atoms with E-state index in [9.17, 15) is 18.0 Å². The van der Waals surface area contributed by atoms with E-state index in [1.54, 1.807) is 0 Å². The summed E-state index contributed by atoms with van der Waals surface area (Å²) in [6, 6.07) is -0.269. The van der Waals surface area contributed by atoms with Gasteiger partial charge in [-0.1, -0.05) is 0 Å². The number of hydrogen-bond acceptors (Lipinski definition) is 5. The van der Waals surface area contributed by atoms with E-state index < -0.39 is 29.5 Å². The SMILES string of the molecule is NC(C(=O)O)c1csc(Nc2cc(F)c(F)cc2F)n1. The molecule has 4 N–H and O–H groups in total. The third kappa shape index (κ3) is 2.89. The van der Waals surface area contributed by atoms with Crippen LogP contribution in [-0.4, -0.2) is 16.1 Å². The van der Waals surface area contributed by atoms with Crippen LogP contribution in [0.5, 0.6) is 0 Å². The normalized spacial score (nSPS) is 12.2. The highest BCUT2D eigenvalue weighted by Crippen LogP contribution is 2.26. The largest absolute Gasteiger partial charge is 0.480 e. The van der Waals surface area contributed by atoms with E-state index in [-0.39, 0.29) is 16.5 Å². The fraction of sp³-hybridized carbons (Fsp3) is 0.0909. The molecule has 0 radical (unpaired) electrons. The summed E-state index contributed by atoms with van der Waals surface area (Å²) < 4.78 is 39.2. The molecule has 1 aromatic heterocycles. The van der Waals surface area contributed by atoms with Gasteiger partial charge < -0.3 is 16.2 Å². The first-order chi connectivity index (χ1) is 9.38. The highest BCUT2D eigenvalue weighted by molar-refractivity contribution is 7.13. The van der Waals surface area contributed by atoms with E-state index in [4.69, 9.17) is 10.8 Å². The third-order valence-electron chi connectivity index (χ3n) is 2.36. The van der Waals surface area contributed by atoms with Crippen LogP contribution in [-0.2, 0) is 4.79 Å². The molecule has 20 heavy (non-hydrogen) atoms. The van der Waals surface area contributed by atoms with E-state index in [1.807, 2.05) is 0 Å². The molecule has 0 bridgehead atoms. The number of rotatable bonds is 4. The molecule has 0 fully saturated rings. The molecule has 0 amide bonds. The summed E-state index contributed by atoms with van der Waals surface area (Å²) >= 11 is 0.960. The maximum atomic E-state index is 13.4. The predicted octanol–water partition coefficient (Wildman–Crippen LogP) is 2.39. The zero-order chi connectivity index (χ0) is 14.9. The van der Waals surface area contributed by atoms with Crippen molar-refractivity contribution >= 4 is 28.1 Å². The average molecular weight is 303 g/mol. The maximum Gasteiger partial charge on any atom is 0.326 e. The van der Waals surface area contributed by atoms with Crippen molar-refractivity contribution in [1.82, 2.24) is 4.98 Å². The van der Waals surface area contributed by atoms with Gasteiger partial charge in [0.2, 0.25) is 0 Å². The van der Waals surface area contributed by atoms with Crippen LogP contribution >= 0.6 is 11.3 Å². The van der Waals surface area contributed by atoms with E-state index in [0.717, 1.165) is 11.3 Å². The van der Waals surface area contributed by atoms with Crippen molar-refractivity contribution in [3.8, 4) is 0 Å². The minimum atomic E-state index is -1.31. The highest BCUT2D eigenvalue weighted by Gasteiger charge is 2.18. The zero-order valence-corrected chi connectivity index (χ0v) is 10.5. The van der Waals surface area contributed by atoms with Crippen molar-refractivity contribution in [2.75, 3.05) is 5.32 Å². The molecule has 0 saturated heterocycles. The average Bonchev–Trinajstić information content (AvgIpc) is 2.83. The Morgan fingerprint density at radius 1 is 1.30 bits per heavy atom. The number of anilines is 2. The summed E-state index contributed by atoms with van der Waals surface area (Å²) in [5.41, 5.74) is 5.12. The molecule has 2 aromatic rings. The van der Waals surface area contributed by atoms with Crippen LogP contribution < -0.4 is 11.1 Å². The van der Waals surface area contributed by atoms with Gasteiger partial charge in [-0.05, 0) is 0 Å². The number of carboxylic acid groups (broad SMARTS) is 1. The van der Waals surface area contributed by atoms with Crippen molar-refractivity contribution in [3.05, 3.63) is 40.7 Å². The molecule has 5 nitrogen and oxygen atoms in total. The number of hydrogen-bond donors (Lipinski definition) is 3. The van der Waals surface area contributed by atoms with E-state index in [0.29, 0.717) is 12.1 Å². The number of benzene rings is 1. The fourth-order valence-electron chi connectivity index (χ4n) is 1.35. The smallest absolute Gasteiger partial charge is 0.326 e. The molecular formula is C11H8F3N3O2S. The molecule has 0 aliphatic heterocycles. The summed E-state index contributed by atoms with van der Waals surface area (Å²) in [6.45, 7) is 0. The first-order valence-corrected chi connectivity index (χ1v) is 6.12. The van der Waals surface area contributed by atoms with Crippen LogP contribution in [0.3, 0.4) is 0 Å². The Bertz CT molecular complexity index is 662. The van der Waals surface area contributed by atoms with Crippen molar-refractivity contribution in [3.63, 3.8) is 0 Å². The minimum Gasteiger partial charge on any atom is -0.480 e. The summed E-state index contributed by atoms with van der Waals surface area (Å²) in [5.74, 6) is -4.78. The fourth-order valence-corrected chi connectivity index (χ4v) is 2.11. The van der Waals surface area contributed by atoms with Gasteiger partial charge in [0.15, 0.2) is 16.8 Å². The van der Waals surface area contributed by atoms with Crippen molar-refractivity contribution in [2.45, 2.75) is 6.04 Å². The molecule has 0 aliphatic rings. The lowest BCUT2D eigenvalue weighted by molar-refractivity contribution is -0.138. The van der Waals surface area contributed by atoms with Gasteiger partial charge >= 0.3 is 5.97 Å². The van der Waals surface area contributed by atoms with E-state index >= 15 is 0 Å².